The van der Waals surface area contributed by atoms with Crippen LogP contribution in [0.1, 0.15) is 52.4 Å². The van der Waals surface area contributed by atoms with Crippen LogP contribution in [0.5, 0.6) is 0 Å². The molecule has 6 heteroatoms. The Labute approximate surface area is 141 Å². The molecular formula is C18H24O6. The number of esters is 2. The highest BCUT2D eigenvalue weighted by Crippen LogP contribution is 2.15. The summed E-state index contributed by atoms with van der Waals surface area (Å²) in [5, 5.41) is 0. The van der Waals surface area contributed by atoms with Gasteiger partial charge < -0.3 is 9.47 Å². The van der Waals surface area contributed by atoms with E-state index in [1.54, 1.807) is 0 Å². The number of hydrogen-bond donors (Lipinski definition) is 0. The van der Waals surface area contributed by atoms with Gasteiger partial charge in [-0.05, 0) is 12.8 Å². The molecule has 0 amide bonds. The van der Waals surface area contributed by atoms with Crippen molar-refractivity contribution in [1.82, 2.24) is 0 Å². The van der Waals surface area contributed by atoms with Gasteiger partial charge in [0.25, 0.3) is 0 Å². The molecule has 0 radical (unpaired) electrons. The summed E-state index contributed by atoms with van der Waals surface area (Å²) < 4.78 is 9.93. The van der Waals surface area contributed by atoms with Crippen molar-refractivity contribution in [2.24, 2.45) is 0 Å². The normalized spacial score (nSPS) is 14.1. The van der Waals surface area contributed by atoms with Crippen molar-refractivity contribution in [3.05, 3.63) is 23.3 Å². The van der Waals surface area contributed by atoms with E-state index in [-0.39, 0.29) is 24.4 Å². The van der Waals surface area contributed by atoms with Crippen molar-refractivity contribution in [3.8, 4) is 0 Å². The number of allylic oxidation sites excluding steroid dienone is 2. The van der Waals surface area contributed by atoms with Crippen LogP contribution in [-0.4, -0.2) is 36.7 Å². The summed E-state index contributed by atoms with van der Waals surface area (Å²) in [5.41, 5.74) is -0.696. The number of hydrogen-bond acceptors (Lipinski definition) is 6. The number of ether oxygens (including phenoxy) is 2. The fourth-order valence-corrected chi connectivity index (χ4v) is 2.07. The first-order chi connectivity index (χ1) is 11.5. The summed E-state index contributed by atoms with van der Waals surface area (Å²) in [6, 6.07) is 0. The van der Waals surface area contributed by atoms with Gasteiger partial charge in [-0.15, -0.1) is 0 Å². The minimum atomic E-state index is -0.837. The van der Waals surface area contributed by atoms with E-state index in [9.17, 15) is 19.2 Å². The standard InChI is InChI=1S/C18H24O6/c1-3-5-7-9-23-17(21)13-11-16(20)14(12-15(13)19)18(22)24-10-8-6-4-2/h11-12H,3-10H2,1-2H3. The smallest absolute Gasteiger partial charge is 0.342 e. The Morgan fingerprint density at radius 2 is 1.12 bits per heavy atom. The van der Waals surface area contributed by atoms with Gasteiger partial charge in [0.1, 0.15) is 11.1 Å². The number of rotatable bonds is 10. The molecule has 24 heavy (non-hydrogen) atoms. The van der Waals surface area contributed by atoms with Gasteiger partial charge in [-0.3, -0.25) is 9.59 Å². The second-order valence-electron chi connectivity index (χ2n) is 5.53. The van der Waals surface area contributed by atoms with Crippen molar-refractivity contribution < 1.29 is 28.7 Å². The maximum atomic E-state index is 12.0. The fourth-order valence-electron chi connectivity index (χ4n) is 2.07. The monoisotopic (exact) mass is 336 g/mol. The van der Waals surface area contributed by atoms with Crippen LogP contribution in [0.2, 0.25) is 0 Å². The zero-order valence-electron chi connectivity index (χ0n) is 14.3. The maximum absolute atomic E-state index is 12.0. The lowest BCUT2D eigenvalue weighted by molar-refractivity contribution is -0.143. The SMILES string of the molecule is CCCCCOC(=O)C1=CC(=O)C(C(=O)OCCCCC)=CC1=O. The van der Waals surface area contributed by atoms with Crippen LogP contribution in [0.3, 0.4) is 0 Å². The van der Waals surface area contributed by atoms with E-state index < -0.39 is 23.5 Å². The minimum Gasteiger partial charge on any atom is -0.462 e. The van der Waals surface area contributed by atoms with Crippen LogP contribution in [0.4, 0.5) is 0 Å². The zero-order chi connectivity index (χ0) is 17.9. The first-order valence-electron chi connectivity index (χ1n) is 8.37. The van der Waals surface area contributed by atoms with E-state index in [0.29, 0.717) is 12.8 Å². The Balaban J connectivity index is 2.59. The lowest BCUT2D eigenvalue weighted by Crippen LogP contribution is -2.25. The zero-order valence-corrected chi connectivity index (χ0v) is 14.3. The van der Waals surface area contributed by atoms with Gasteiger partial charge in [0, 0.05) is 12.2 Å². The summed E-state index contributed by atoms with van der Waals surface area (Å²) >= 11 is 0. The Morgan fingerprint density at radius 1 is 0.750 bits per heavy atom. The van der Waals surface area contributed by atoms with Gasteiger partial charge in [-0.25, -0.2) is 9.59 Å². The van der Waals surface area contributed by atoms with Crippen molar-refractivity contribution in [2.45, 2.75) is 52.4 Å². The summed E-state index contributed by atoms with van der Waals surface area (Å²) in [6.45, 7) is 4.42. The van der Waals surface area contributed by atoms with E-state index in [1.807, 2.05) is 13.8 Å². The fraction of sp³-hybridized carbons (Fsp3) is 0.556. The molecule has 1 aliphatic carbocycles. The number of ketones is 2. The topological polar surface area (TPSA) is 86.7 Å². The molecule has 0 fully saturated rings. The molecule has 0 aromatic heterocycles. The van der Waals surface area contributed by atoms with Gasteiger partial charge in [0.15, 0.2) is 11.6 Å². The Morgan fingerprint density at radius 3 is 1.46 bits per heavy atom. The average Bonchev–Trinajstić information content (AvgIpc) is 2.57. The molecule has 0 unspecified atom stereocenters. The third kappa shape index (κ3) is 6.10. The maximum Gasteiger partial charge on any atom is 0.342 e. The second kappa shape index (κ2) is 10.5. The van der Waals surface area contributed by atoms with Crippen LogP contribution in [0.15, 0.2) is 23.3 Å². The molecule has 0 aromatic carbocycles. The molecule has 0 spiro atoms. The summed E-state index contributed by atoms with van der Waals surface area (Å²) in [5.74, 6) is -3.10. The lowest BCUT2D eigenvalue weighted by atomic mass is 9.97. The van der Waals surface area contributed by atoms with Gasteiger partial charge >= 0.3 is 11.9 Å². The first kappa shape index (κ1) is 19.8. The molecule has 132 valence electrons. The van der Waals surface area contributed by atoms with Gasteiger partial charge in [-0.2, -0.15) is 0 Å². The predicted octanol–water partition coefficient (Wildman–Crippen LogP) is 2.46. The molecule has 0 atom stereocenters. The highest BCUT2D eigenvalue weighted by molar-refractivity contribution is 6.35. The van der Waals surface area contributed by atoms with Crippen molar-refractivity contribution in [2.75, 3.05) is 13.2 Å². The molecule has 1 rings (SSSR count). The molecule has 0 aromatic rings. The molecule has 0 N–H and O–H groups in total. The van der Waals surface area contributed by atoms with E-state index in [2.05, 4.69) is 0 Å². The molecule has 0 saturated heterocycles. The third-order valence-electron chi connectivity index (χ3n) is 3.48. The van der Waals surface area contributed by atoms with E-state index in [4.69, 9.17) is 9.47 Å². The molecule has 0 heterocycles. The number of unbranched alkanes of at least 4 members (excludes halogenated alkanes) is 4. The predicted molar refractivity (Wildman–Crippen MR) is 87.1 cm³/mol. The van der Waals surface area contributed by atoms with Crippen LogP contribution in [0, 0.1) is 0 Å². The molecule has 1 aliphatic rings. The van der Waals surface area contributed by atoms with Crippen LogP contribution >= 0.6 is 0 Å². The van der Waals surface area contributed by atoms with Gasteiger partial charge in [-0.1, -0.05) is 39.5 Å². The number of carbonyl (C=O) groups excluding carboxylic acids is 4. The minimum absolute atomic E-state index is 0.196. The Hall–Kier alpha value is -2.24. The summed E-state index contributed by atoms with van der Waals surface area (Å²) in [4.78, 5) is 47.6. The van der Waals surface area contributed by atoms with Gasteiger partial charge in [0.05, 0.1) is 13.2 Å². The first-order valence-corrected chi connectivity index (χ1v) is 8.37. The van der Waals surface area contributed by atoms with E-state index in [1.165, 1.54) is 0 Å². The molecule has 0 aliphatic heterocycles. The summed E-state index contributed by atoms with van der Waals surface area (Å²) in [7, 11) is 0. The second-order valence-corrected chi connectivity index (χ2v) is 5.53. The highest BCUT2D eigenvalue weighted by Gasteiger charge is 2.30. The summed E-state index contributed by atoms with van der Waals surface area (Å²) in [6.07, 6.45) is 6.88. The Kier molecular flexibility index (Phi) is 8.68. The van der Waals surface area contributed by atoms with E-state index >= 15 is 0 Å². The van der Waals surface area contributed by atoms with Gasteiger partial charge in [0.2, 0.25) is 0 Å². The molecule has 0 saturated carbocycles. The molecule has 6 nitrogen and oxygen atoms in total. The lowest BCUT2D eigenvalue weighted by Gasteiger charge is -2.11. The molecular weight excluding hydrogens is 312 g/mol. The quantitative estimate of drug-likeness (QED) is 0.264. The van der Waals surface area contributed by atoms with Crippen LogP contribution < -0.4 is 0 Å². The molecule has 0 bridgehead atoms. The Bertz CT molecular complexity index is 506. The van der Waals surface area contributed by atoms with E-state index in [0.717, 1.165) is 37.8 Å². The van der Waals surface area contributed by atoms with Crippen LogP contribution in [-0.2, 0) is 28.7 Å². The largest absolute Gasteiger partial charge is 0.462 e. The van der Waals surface area contributed by atoms with Crippen molar-refractivity contribution in [3.63, 3.8) is 0 Å². The number of carbonyl (C=O) groups is 4. The van der Waals surface area contributed by atoms with Crippen LogP contribution in [0.25, 0.3) is 0 Å². The average molecular weight is 336 g/mol. The third-order valence-corrected chi connectivity index (χ3v) is 3.48. The van der Waals surface area contributed by atoms with Crippen molar-refractivity contribution in [1.29, 1.82) is 0 Å². The highest BCUT2D eigenvalue weighted by atomic mass is 16.5. The van der Waals surface area contributed by atoms with Crippen molar-refractivity contribution >= 4 is 23.5 Å².